The molecule has 1 aromatic carbocycles. The van der Waals surface area contributed by atoms with E-state index >= 15 is 0 Å². The lowest BCUT2D eigenvalue weighted by Gasteiger charge is -2.32. The predicted molar refractivity (Wildman–Crippen MR) is 76.3 cm³/mol. The fraction of sp³-hybridized carbons (Fsp3) is 0.571. The van der Waals surface area contributed by atoms with E-state index in [-0.39, 0.29) is 0 Å². The third-order valence-corrected chi connectivity index (χ3v) is 4.13. The number of benzene rings is 1. The minimum Gasteiger partial charge on any atom is -0.384 e. The van der Waals surface area contributed by atoms with Crippen LogP contribution < -0.4 is 0 Å². The van der Waals surface area contributed by atoms with Gasteiger partial charge in [-0.25, -0.2) is 0 Å². The summed E-state index contributed by atoms with van der Waals surface area (Å²) in [6.07, 6.45) is 2.51. The standard InChI is InChI=1S/C14H19Cl2NO/c1-18-10-12-3-2-6-17(9-12)8-11-4-5-13(15)14(16)7-11/h4-5,7,12H,2-3,6,8-10H2,1H3. The smallest absolute Gasteiger partial charge is 0.0595 e. The SMILES string of the molecule is COCC1CCCN(Cc2ccc(Cl)c(Cl)c2)C1. The molecule has 0 spiro atoms. The van der Waals surface area contributed by atoms with Crippen LogP contribution in [0.5, 0.6) is 0 Å². The van der Waals surface area contributed by atoms with Gasteiger partial charge in [0, 0.05) is 20.2 Å². The lowest BCUT2D eigenvalue weighted by Crippen LogP contribution is -2.36. The Hall–Kier alpha value is -0.280. The van der Waals surface area contributed by atoms with Crippen molar-refractivity contribution < 1.29 is 4.74 Å². The zero-order valence-corrected chi connectivity index (χ0v) is 12.2. The lowest BCUT2D eigenvalue weighted by molar-refractivity contribution is 0.0874. The van der Waals surface area contributed by atoms with Gasteiger partial charge in [-0.3, -0.25) is 4.90 Å². The summed E-state index contributed by atoms with van der Waals surface area (Å²) in [4.78, 5) is 2.47. The maximum atomic E-state index is 6.04. The Balaban J connectivity index is 1.93. The Morgan fingerprint density at radius 1 is 1.33 bits per heavy atom. The molecule has 1 fully saturated rings. The van der Waals surface area contributed by atoms with Crippen LogP contribution in [-0.2, 0) is 11.3 Å². The molecule has 0 aliphatic carbocycles. The first-order valence-electron chi connectivity index (χ1n) is 6.34. The van der Waals surface area contributed by atoms with E-state index in [0.29, 0.717) is 16.0 Å². The van der Waals surface area contributed by atoms with Crippen LogP contribution in [0.1, 0.15) is 18.4 Å². The summed E-state index contributed by atoms with van der Waals surface area (Å²) in [7, 11) is 1.78. The van der Waals surface area contributed by atoms with Crippen molar-refractivity contribution >= 4 is 23.2 Å². The average molecular weight is 288 g/mol. The highest BCUT2D eigenvalue weighted by atomic mass is 35.5. The Kier molecular flexibility index (Phi) is 5.31. The second kappa shape index (κ2) is 6.76. The van der Waals surface area contributed by atoms with Crippen molar-refractivity contribution in [2.45, 2.75) is 19.4 Å². The third-order valence-electron chi connectivity index (χ3n) is 3.40. The number of hydrogen-bond acceptors (Lipinski definition) is 2. The molecule has 1 heterocycles. The first-order chi connectivity index (χ1) is 8.69. The second-order valence-electron chi connectivity index (χ2n) is 4.95. The summed E-state index contributed by atoms with van der Waals surface area (Å²) in [6, 6.07) is 5.88. The number of ether oxygens (including phenoxy) is 1. The van der Waals surface area contributed by atoms with Gasteiger partial charge < -0.3 is 4.74 Å². The molecule has 2 rings (SSSR count). The van der Waals surface area contributed by atoms with Crippen molar-refractivity contribution in [1.29, 1.82) is 0 Å². The van der Waals surface area contributed by atoms with Gasteiger partial charge in [0.1, 0.15) is 0 Å². The van der Waals surface area contributed by atoms with E-state index in [1.54, 1.807) is 7.11 Å². The largest absolute Gasteiger partial charge is 0.384 e. The summed E-state index contributed by atoms with van der Waals surface area (Å²) in [5, 5.41) is 1.26. The van der Waals surface area contributed by atoms with E-state index in [1.165, 1.54) is 18.4 Å². The number of methoxy groups -OCH3 is 1. The van der Waals surface area contributed by atoms with E-state index in [2.05, 4.69) is 4.90 Å². The van der Waals surface area contributed by atoms with Crippen LogP contribution in [0.4, 0.5) is 0 Å². The number of hydrogen-bond donors (Lipinski definition) is 0. The third kappa shape index (κ3) is 3.86. The van der Waals surface area contributed by atoms with Crippen LogP contribution in [0, 0.1) is 5.92 Å². The van der Waals surface area contributed by atoms with Crippen molar-refractivity contribution in [3.8, 4) is 0 Å². The van der Waals surface area contributed by atoms with E-state index in [0.717, 1.165) is 26.2 Å². The molecule has 0 N–H and O–H groups in total. The van der Waals surface area contributed by atoms with Gasteiger partial charge in [0.15, 0.2) is 0 Å². The van der Waals surface area contributed by atoms with Crippen molar-refractivity contribution in [3.05, 3.63) is 33.8 Å². The summed E-state index contributed by atoms with van der Waals surface area (Å²) in [5.41, 5.74) is 1.22. The number of piperidine rings is 1. The number of nitrogens with zero attached hydrogens (tertiary/aromatic N) is 1. The first-order valence-corrected chi connectivity index (χ1v) is 7.10. The molecule has 1 unspecified atom stereocenters. The summed E-state index contributed by atoms with van der Waals surface area (Å²) >= 11 is 12.0. The van der Waals surface area contributed by atoms with Crippen LogP contribution in [0.2, 0.25) is 10.0 Å². The van der Waals surface area contributed by atoms with Crippen LogP contribution in [-0.4, -0.2) is 31.7 Å². The predicted octanol–water partition coefficient (Wildman–Crippen LogP) is 3.85. The first kappa shape index (κ1) is 14.1. The van der Waals surface area contributed by atoms with Crippen molar-refractivity contribution in [2.75, 3.05) is 26.8 Å². The molecule has 18 heavy (non-hydrogen) atoms. The molecule has 1 atom stereocenters. The van der Waals surface area contributed by atoms with Crippen LogP contribution in [0.25, 0.3) is 0 Å². The highest BCUT2D eigenvalue weighted by Gasteiger charge is 2.19. The molecule has 2 nitrogen and oxygen atoms in total. The van der Waals surface area contributed by atoms with Gasteiger partial charge in [0.2, 0.25) is 0 Å². The molecule has 0 amide bonds. The molecule has 1 aliphatic heterocycles. The number of likely N-dealkylation sites (tertiary alicyclic amines) is 1. The van der Waals surface area contributed by atoms with Gasteiger partial charge in [0.05, 0.1) is 16.7 Å². The molecule has 4 heteroatoms. The molecular weight excluding hydrogens is 269 g/mol. The van der Waals surface area contributed by atoms with E-state index in [1.807, 2.05) is 18.2 Å². The lowest BCUT2D eigenvalue weighted by atomic mass is 9.98. The molecule has 0 bridgehead atoms. The van der Waals surface area contributed by atoms with Crippen LogP contribution in [0.15, 0.2) is 18.2 Å². The average Bonchev–Trinajstić information content (AvgIpc) is 2.35. The Labute approximate surface area is 119 Å². The van der Waals surface area contributed by atoms with Crippen LogP contribution >= 0.6 is 23.2 Å². The minimum absolute atomic E-state index is 0.622. The van der Waals surface area contributed by atoms with Crippen LogP contribution in [0.3, 0.4) is 0 Å². The zero-order chi connectivity index (χ0) is 13.0. The van der Waals surface area contributed by atoms with Crippen molar-refractivity contribution in [2.24, 2.45) is 5.92 Å². The fourth-order valence-electron chi connectivity index (χ4n) is 2.56. The summed E-state index contributed by atoms with van der Waals surface area (Å²) in [6.45, 7) is 4.06. The Bertz CT molecular complexity index is 395. The quantitative estimate of drug-likeness (QED) is 0.834. The Morgan fingerprint density at radius 2 is 2.17 bits per heavy atom. The molecule has 0 saturated carbocycles. The maximum Gasteiger partial charge on any atom is 0.0595 e. The second-order valence-corrected chi connectivity index (χ2v) is 5.76. The van der Waals surface area contributed by atoms with Gasteiger partial charge in [-0.2, -0.15) is 0 Å². The highest BCUT2D eigenvalue weighted by molar-refractivity contribution is 6.42. The van der Waals surface area contributed by atoms with Gasteiger partial charge in [-0.05, 0) is 43.0 Å². The van der Waals surface area contributed by atoms with Crippen molar-refractivity contribution in [1.82, 2.24) is 4.90 Å². The molecule has 1 saturated heterocycles. The molecular formula is C14H19Cl2NO. The Morgan fingerprint density at radius 3 is 2.89 bits per heavy atom. The van der Waals surface area contributed by atoms with E-state index < -0.39 is 0 Å². The topological polar surface area (TPSA) is 12.5 Å². The minimum atomic E-state index is 0.622. The molecule has 100 valence electrons. The fourth-order valence-corrected chi connectivity index (χ4v) is 2.88. The normalized spacial score (nSPS) is 21.2. The molecule has 1 aromatic rings. The zero-order valence-electron chi connectivity index (χ0n) is 10.7. The van der Waals surface area contributed by atoms with E-state index in [4.69, 9.17) is 27.9 Å². The highest BCUT2D eigenvalue weighted by Crippen LogP contribution is 2.24. The van der Waals surface area contributed by atoms with Crippen molar-refractivity contribution in [3.63, 3.8) is 0 Å². The molecule has 1 aliphatic rings. The van der Waals surface area contributed by atoms with Gasteiger partial charge in [0.25, 0.3) is 0 Å². The molecule has 0 radical (unpaired) electrons. The number of halogens is 2. The van der Waals surface area contributed by atoms with Gasteiger partial charge >= 0.3 is 0 Å². The molecule has 0 aromatic heterocycles. The van der Waals surface area contributed by atoms with Gasteiger partial charge in [-0.15, -0.1) is 0 Å². The van der Waals surface area contributed by atoms with E-state index in [9.17, 15) is 0 Å². The number of rotatable bonds is 4. The maximum absolute atomic E-state index is 6.04. The van der Waals surface area contributed by atoms with Gasteiger partial charge in [-0.1, -0.05) is 29.3 Å². The summed E-state index contributed by atoms with van der Waals surface area (Å²) in [5.74, 6) is 0.659. The summed E-state index contributed by atoms with van der Waals surface area (Å²) < 4.78 is 5.25. The monoisotopic (exact) mass is 287 g/mol.